The number of carbonyl (C=O) groups is 1. The van der Waals surface area contributed by atoms with Crippen molar-refractivity contribution < 1.29 is 15.0 Å². The van der Waals surface area contributed by atoms with Crippen LogP contribution < -0.4 is 0 Å². The Hall–Kier alpha value is -1.65. The van der Waals surface area contributed by atoms with E-state index in [1.165, 1.54) is 17.8 Å². The van der Waals surface area contributed by atoms with Gasteiger partial charge in [-0.05, 0) is 30.7 Å². The van der Waals surface area contributed by atoms with E-state index in [0.717, 1.165) is 10.5 Å². The van der Waals surface area contributed by atoms with Crippen LogP contribution in [0.15, 0.2) is 41.3 Å². The highest BCUT2D eigenvalue weighted by molar-refractivity contribution is 7.98. The van der Waals surface area contributed by atoms with E-state index < -0.39 is 5.97 Å². The van der Waals surface area contributed by atoms with Gasteiger partial charge in [0.25, 0.3) is 0 Å². The van der Waals surface area contributed by atoms with Gasteiger partial charge >= 0.3 is 5.97 Å². The molecule has 0 spiro atoms. The second-order valence-electron chi connectivity index (χ2n) is 4.34. The number of carboxylic acid groups (broad SMARTS) is 1. The van der Waals surface area contributed by atoms with Crippen LogP contribution in [0.3, 0.4) is 0 Å². The Morgan fingerprint density at radius 3 is 2.65 bits per heavy atom. The maximum atomic E-state index is 11.1. The number of rotatable bonds is 4. The lowest BCUT2D eigenvalue weighted by Crippen LogP contribution is -2.00. The third kappa shape index (κ3) is 3.26. The van der Waals surface area contributed by atoms with Gasteiger partial charge in [-0.3, -0.25) is 0 Å². The minimum Gasteiger partial charge on any atom is -0.507 e. The molecule has 2 N–H and O–H groups in total. The number of aryl methyl sites for hydroxylation is 1. The van der Waals surface area contributed by atoms with Gasteiger partial charge in [-0.1, -0.05) is 29.8 Å². The molecule has 2 rings (SSSR count). The molecule has 0 saturated heterocycles. The number of benzene rings is 2. The van der Waals surface area contributed by atoms with Gasteiger partial charge in [0.2, 0.25) is 0 Å². The molecule has 2 aromatic carbocycles. The summed E-state index contributed by atoms with van der Waals surface area (Å²) in [5.74, 6) is -0.852. The first-order chi connectivity index (χ1) is 9.49. The summed E-state index contributed by atoms with van der Waals surface area (Å²) in [6, 6.07) is 10.7. The Bertz CT molecular complexity index is 656. The van der Waals surface area contributed by atoms with Crippen molar-refractivity contribution in [2.75, 3.05) is 0 Å². The number of aromatic carboxylic acids is 1. The molecule has 3 nitrogen and oxygen atoms in total. The van der Waals surface area contributed by atoms with Crippen LogP contribution in [0.2, 0.25) is 5.02 Å². The monoisotopic (exact) mass is 308 g/mol. The molecule has 104 valence electrons. The Balaban J connectivity index is 2.26. The molecular formula is C15H13ClO3S. The maximum absolute atomic E-state index is 11.1. The SMILES string of the molecule is Cc1cc(CSc2ccccc2Cl)c(O)c(C(=O)O)c1. The molecule has 0 aliphatic carbocycles. The topological polar surface area (TPSA) is 57.5 Å². The summed E-state index contributed by atoms with van der Waals surface area (Å²) in [7, 11) is 0. The average Bonchev–Trinajstić information content (AvgIpc) is 2.40. The smallest absolute Gasteiger partial charge is 0.339 e. The lowest BCUT2D eigenvalue weighted by atomic mass is 10.1. The number of hydrogen-bond donors (Lipinski definition) is 2. The second kappa shape index (κ2) is 6.20. The molecule has 20 heavy (non-hydrogen) atoms. The molecule has 0 aliphatic heterocycles. The zero-order chi connectivity index (χ0) is 14.7. The first-order valence-electron chi connectivity index (χ1n) is 5.92. The lowest BCUT2D eigenvalue weighted by molar-refractivity contribution is 0.0693. The maximum Gasteiger partial charge on any atom is 0.339 e. The van der Waals surface area contributed by atoms with Gasteiger partial charge < -0.3 is 10.2 Å². The second-order valence-corrected chi connectivity index (χ2v) is 5.77. The molecule has 0 saturated carbocycles. The number of phenols is 1. The first-order valence-corrected chi connectivity index (χ1v) is 7.28. The predicted molar refractivity (Wildman–Crippen MR) is 80.8 cm³/mol. The summed E-state index contributed by atoms with van der Waals surface area (Å²) in [5.41, 5.74) is 1.32. The summed E-state index contributed by atoms with van der Waals surface area (Å²) < 4.78 is 0. The van der Waals surface area contributed by atoms with Crippen molar-refractivity contribution in [3.63, 3.8) is 0 Å². The van der Waals surface area contributed by atoms with E-state index in [4.69, 9.17) is 16.7 Å². The quantitative estimate of drug-likeness (QED) is 0.825. The summed E-state index contributed by atoms with van der Waals surface area (Å²) in [6.45, 7) is 1.80. The number of hydrogen-bond acceptors (Lipinski definition) is 3. The van der Waals surface area contributed by atoms with E-state index in [1.54, 1.807) is 19.1 Å². The molecule has 0 amide bonds. The summed E-state index contributed by atoms with van der Waals surface area (Å²) in [5, 5.41) is 19.7. The van der Waals surface area contributed by atoms with Crippen molar-refractivity contribution in [2.45, 2.75) is 17.6 Å². The first kappa shape index (κ1) is 14.8. The van der Waals surface area contributed by atoms with Crippen molar-refractivity contribution in [2.24, 2.45) is 0 Å². The molecule has 0 unspecified atom stereocenters. The van der Waals surface area contributed by atoms with Crippen molar-refractivity contribution in [1.82, 2.24) is 0 Å². The standard InChI is InChI=1S/C15H13ClO3S/c1-9-6-10(14(17)11(7-9)15(18)19)8-20-13-5-3-2-4-12(13)16/h2-7,17H,8H2,1H3,(H,18,19). The van der Waals surface area contributed by atoms with Gasteiger partial charge in [0.05, 0.1) is 5.02 Å². The van der Waals surface area contributed by atoms with Crippen LogP contribution in [0.25, 0.3) is 0 Å². The Labute approximate surface area is 126 Å². The van der Waals surface area contributed by atoms with E-state index >= 15 is 0 Å². The van der Waals surface area contributed by atoms with Crippen LogP contribution in [-0.4, -0.2) is 16.2 Å². The molecule has 2 aromatic rings. The van der Waals surface area contributed by atoms with Gasteiger partial charge in [-0.15, -0.1) is 11.8 Å². The lowest BCUT2D eigenvalue weighted by Gasteiger charge is -2.09. The fourth-order valence-electron chi connectivity index (χ4n) is 1.84. The van der Waals surface area contributed by atoms with Gasteiger partial charge in [-0.25, -0.2) is 4.79 Å². The molecule has 0 aromatic heterocycles. The van der Waals surface area contributed by atoms with E-state index in [1.807, 2.05) is 18.2 Å². The average molecular weight is 309 g/mol. The highest BCUT2D eigenvalue weighted by Gasteiger charge is 2.15. The normalized spacial score (nSPS) is 10.5. The summed E-state index contributed by atoms with van der Waals surface area (Å²) in [4.78, 5) is 12.0. The zero-order valence-corrected chi connectivity index (χ0v) is 12.3. The largest absolute Gasteiger partial charge is 0.507 e. The highest BCUT2D eigenvalue weighted by atomic mass is 35.5. The Kier molecular flexibility index (Phi) is 4.57. The highest BCUT2D eigenvalue weighted by Crippen LogP contribution is 2.33. The van der Waals surface area contributed by atoms with Crippen LogP contribution in [-0.2, 0) is 5.75 Å². The van der Waals surface area contributed by atoms with Gasteiger partial charge in [0, 0.05) is 16.2 Å². The van der Waals surface area contributed by atoms with Crippen LogP contribution >= 0.6 is 23.4 Å². The third-order valence-electron chi connectivity index (χ3n) is 2.78. The molecule has 0 heterocycles. The van der Waals surface area contributed by atoms with Crippen LogP contribution in [0.1, 0.15) is 21.5 Å². The van der Waals surface area contributed by atoms with Crippen LogP contribution in [0.4, 0.5) is 0 Å². The fourth-order valence-corrected chi connectivity index (χ4v) is 3.06. The number of thioether (sulfide) groups is 1. The van der Waals surface area contributed by atoms with E-state index in [9.17, 15) is 9.90 Å². The molecule has 0 aliphatic rings. The molecule has 0 radical (unpaired) electrons. The van der Waals surface area contributed by atoms with Crippen molar-refractivity contribution >= 4 is 29.3 Å². The summed E-state index contributed by atoms with van der Waals surface area (Å²) >= 11 is 7.52. The van der Waals surface area contributed by atoms with Crippen molar-refractivity contribution in [3.8, 4) is 5.75 Å². The van der Waals surface area contributed by atoms with Gasteiger partial charge in [0.15, 0.2) is 0 Å². The predicted octanol–water partition coefficient (Wildman–Crippen LogP) is 4.34. The minimum atomic E-state index is -1.13. The summed E-state index contributed by atoms with van der Waals surface area (Å²) in [6.07, 6.45) is 0. The van der Waals surface area contributed by atoms with E-state index in [-0.39, 0.29) is 11.3 Å². The van der Waals surface area contributed by atoms with Crippen LogP contribution in [0.5, 0.6) is 5.75 Å². The number of carboxylic acids is 1. The van der Waals surface area contributed by atoms with Gasteiger partial charge in [0.1, 0.15) is 11.3 Å². The van der Waals surface area contributed by atoms with Crippen molar-refractivity contribution in [1.29, 1.82) is 0 Å². The van der Waals surface area contributed by atoms with Crippen LogP contribution in [0, 0.1) is 6.92 Å². The Morgan fingerprint density at radius 1 is 1.30 bits per heavy atom. The molecular weight excluding hydrogens is 296 g/mol. The molecule has 0 atom stereocenters. The zero-order valence-electron chi connectivity index (χ0n) is 10.8. The van der Waals surface area contributed by atoms with Gasteiger partial charge in [-0.2, -0.15) is 0 Å². The Morgan fingerprint density at radius 2 is 2.00 bits per heavy atom. The van der Waals surface area contributed by atoms with E-state index in [2.05, 4.69) is 0 Å². The molecule has 5 heteroatoms. The number of aromatic hydroxyl groups is 1. The number of halogens is 1. The molecule has 0 bridgehead atoms. The fraction of sp³-hybridized carbons (Fsp3) is 0.133. The van der Waals surface area contributed by atoms with Crippen molar-refractivity contribution in [3.05, 3.63) is 58.1 Å². The third-order valence-corrected chi connectivity index (χ3v) is 4.35. The minimum absolute atomic E-state index is 0.0697. The molecule has 0 fully saturated rings. The van der Waals surface area contributed by atoms with E-state index in [0.29, 0.717) is 16.3 Å².